The Kier molecular flexibility index (Phi) is 5.45. The van der Waals surface area contributed by atoms with Gasteiger partial charge in [-0.2, -0.15) is 0 Å². The van der Waals surface area contributed by atoms with E-state index in [0.29, 0.717) is 12.3 Å². The van der Waals surface area contributed by atoms with Gasteiger partial charge in [0.15, 0.2) is 0 Å². The zero-order valence-electron chi connectivity index (χ0n) is 11.6. The molecule has 0 aromatic heterocycles. The van der Waals surface area contributed by atoms with Crippen molar-refractivity contribution in [2.24, 2.45) is 0 Å². The Morgan fingerprint density at radius 2 is 1.80 bits per heavy atom. The third kappa shape index (κ3) is 3.99. The van der Waals surface area contributed by atoms with E-state index in [1.165, 1.54) is 5.56 Å². The third-order valence-corrected chi connectivity index (χ3v) is 3.63. The van der Waals surface area contributed by atoms with Gasteiger partial charge in [0, 0.05) is 23.2 Å². The molecule has 0 fully saturated rings. The summed E-state index contributed by atoms with van der Waals surface area (Å²) >= 11 is 5.93. The van der Waals surface area contributed by atoms with E-state index in [-0.39, 0.29) is 6.04 Å². The largest absolute Gasteiger partial charge is 0.508 e. The second-order valence-corrected chi connectivity index (χ2v) is 5.34. The van der Waals surface area contributed by atoms with Crippen molar-refractivity contribution in [3.8, 4) is 5.75 Å². The van der Waals surface area contributed by atoms with Gasteiger partial charge in [0.05, 0.1) is 0 Å². The van der Waals surface area contributed by atoms with Crippen LogP contribution in [0.4, 0.5) is 0 Å². The van der Waals surface area contributed by atoms with Crippen molar-refractivity contribution in [1.29, 1.82) is 0 Å². The van der Waals surface area contributed by atoms with Crippen LogP contribution in [-0.2, 0) is 6.54 Å². The molecule has 3 heteroatoms. The number of hydrogen-bond acceptors (Lipinski definition) is 2. The first-order chi connectivity index (χ1) is 9.70. The van der Waals surface area contributed by atoms with Gasteiger partial charge in [0.25, 0.3) is 0 Å². The SMILES string of the molecule is CCCC(NCc1ccccc1O)c1ccc(Cl)cc1. The van der Waals surface area contributed by atoms with Crippen molar-refractivity contribution < 1.29 is 5.11 Å². The fourth-order valence-electron chi connectivity index (χ4n) is 2.26. The number of hydrogen-bond donors (Lipinski definition) is 2. The third-order valence-electron chi connectivity index (χ3n) is 3.38. The summed E-state index contributed by atoms with van der Waals surface area (Å²) in [5.74, 6) is 0.339. The molecule has 0 bridgehead atoms. The van der Waals surface area contributed by atoms with Crippen molar-refractivity contribution in [2.75, 3.05) is 0 Å². The van der Waals surface area contributed by atoms with Gasteiger partial charge in [-0.05, 0) is 30.2 Å². The average molecular weight is 290 g/mol. The summed E-state index contributed by atoms with van der Waals surface area (Å²) in [6, 6.07) is 15.7. The standard InChI is InChI=1S/C17H20ClNO/c1-2-5-16(13-8-10-15(18)11-9-13)19-12-14-6-3-4-7-17(14)20/h3-4,6-11,16,19-20H,2,5,12H2,1H3. The lowest BCUT2D eigenvalue weighted by Crippen LogP contribution is -2.20. The predicted octanol–water partition coefficient (Wildman–Crippen LogP) is 4.68. The molecular formula is C17H20ClNO. The Hall–Kier alpha value is -1.51. The summed E-state index contributed by atoms with van der Waals surface area (Å²) in [6.45, 7) is 2.82. The van der Waals surface area contributed by atoms with Gasteiger partial charge < -0.3 is 10.4 Å². The number of phenolic OH excluding ortho intramolecular Hbond substituents is 1. The fraction of sp³-hybridized carbons (Fsp3) is 0.294. The summed E-state index contributed by atoms with van der Waals surface area (Å²) < 4.78 is 0. The predicted molar refractivity (Wildman–Crippen MR) is 84.0 cm³/mol. The maximum atomic E-state index is 9.80. The first-order valence-electron chi connectivity index (χ1n) is 6.96. The van der Waals surface area contributed by atoms with Gasteiger partial charge in [-0.1, -0.05) is 55.3 Å². The number of halogens is 1. The van der Waals surface area contributed by atoms with Crippen LogP contribution in [0.3, 0.4) is 0 Å². The van der Waals surface area contributed by atoms with Gasteiger partial charge in [-0.3, -0.25) is 0 Å². The summed E-state index contributed by atoms with van der Waals surface area (Å²) in [7, 11) is 0. The Morgan fingerprint density at radius 3 is 2.45 bits per heavy atom. The van der Waals surface area contributed by atoms with Gasteiger partial charge in [-0.15, -0.1) is 0 Å². The van der Waals surface area contributed by atoms with Crippen molar-refractivity contribution in [2.45, 2.75) is 32.4 Å². The molecule has 1 atom stereocenters. The normalized spacial score (nSPS) is 12.3. The summed E-state index contributed by atoms with van der Waals surface area (Å²) in [5, 5.41) is 14.1. The lowest BCUT2D eigenvalue weighted by atomic mass is 10.0. The second kappa shape index (κ2) is 7.32. The van der Waals surface area contributed by atoms with E-state index in [0.717, 1.165) is 23.4 Å². The smallest absolute Gasteiger partial charge is 0.120 e. The quantitative estimate of drug-likeness (QED) is 0.809. The van der Waals surface area contributed by atoms with E-state index >= 15 is 0 Å². The number of rotatable bonds is 6. The van der Waals surface area contributed by atoms with E-state index in [1.807, 2.05) is 30.3 Å². The highest BCUT2D eigenvalue weighted by atomic mass is 35.5. The Balaban J connectivity index is 2.06. The Bertz CT molecular complexity index is 539. The zero-order chi connectivity index (χ0) is 14.4. The number of benzene rings is 2. The molecule has 0 saturated heterocycles. The molecule has 2 nitrogen and oxygen atoms in total. The van der Waals surface area contributed by atoms with Crippen molar-refractivity contribution in [3.63, 3.8) is 0 Å². The van der Waals surface area contributed by atoms with E-state index in [4.69, 9.17) is 11.6 Å². The Labute approximate surface area is 125 Å². The molecule has 0 saturated carbocycles. The first-order valence-corrected chi connectivity index (χ1v) is 7.34. The second-order valence-electron chi connectivity index (χ2n) is 4.90. The zero-order valence-corrected chi connectivity index (χ0v) is 12.4. The van der Waals surface area contributed by atoms with Crippen molar-refractivity contribution >= 4 is 11.6 Å². The topological polar surface area (TPSA) is 32.3 Å². The summed E-state index contributed by atoms with van der Waals surface area (Å²) in [4.78, 5) is 0. The van der Waals surface area contributed by atoms with Crippen molar-refractivity contribution in [3.05, 3.63) is 64.7 Å². The van der Waals surface area contributed by atoms with E-state index in [2.05, 4.69) is 24.4 Å². The summed E-state index contributed by atoms with van der Waals surface area (Å²) in [5.41, 5.74) is 2.15. The molecule has 1 unspecified atom stereocenters. The monoisotopic (exact) mass is 289 g/mol. The van der Waals surface area contributed by atoms with Gasteiger partial charge >= 0.3 is 0 Å². The molecule has 0 spiro atoms. The van der Waals surface area contributed by atoms with Crippen molar-refractivity contribution in [1.82, 2.24) is 5.32 Å². The van der Waals surface area contributed by atoms with Crippen LogP contribution in [0.25, 0.3) is 0 Å². The van der Waals surface area contributed by atoms with Gasteiger partial charge in [0.2, 0.25) is 0 Å². The molecule has 20 heavy (non-hydrogen) atoms. The molecule has 0 aliphatic heterocycles. The molecule has 2 aromatic carbocycles. The van der Waals surface area contributed by atoms with Crippen LogP contribution in [0, 0.1) is 0 Å². The lowest BCUT2D eigenvalue weighted by molar-refractivity contribution is 0.450. The molecule has 0 heterocycles. The first kappa shape index (κ1) is 14.9. The van der Waals surface area contributed by atoms with E-state index < -0.39 is 0 Å². The maximum Gasteiger partial charge on any atom is 0.120 e. The summed E-state index contributed by atoms with van der Waals surface area (Å²) in [6.07, 6.45) is 2.15. The number of para-hydroxylation sites is 1. The molecule has 2 aromatic rings. The maximum absolute atomic E-state index is 9.80. The molecule has 0 aliphatic rings. The van der Waals surface area contributed by atoms with Crippen LogP contribution in [0.5, 0.6) is 5.75 Å². The number of aromatic hydroxyl groups is 1. The van der Waals surface area contributed by atoms with Gasteiger partial charge in [0.1, 0.15) is 5.75 Å². The van der Waals surface area contributed by atoms with Crippen LogP contribution in [-0.4, -0.2) is 5.11 Å². The molecular weight excluding hydrogens is 270 g/mol. The molecule has 106 valence electrons. The molecule has 0 radical (unpaired) electrons. The Morgan fingerprint density at radius 1 is 1.10 bits per heavy atom. The van der Waals surface area contributed by atoms with Crippen LogP contribution in [0.1, 0.15) is 36.9 Å². The highest BCUT2D eigenvalue weighted by molar-refractivity contribution is 6.30. The molecule has 0 amide bonds. The number of nitrogens with one attached hydrogen (secondary N) is 1. The van der Waals surface area contributed by atoms with E-state index in [9.17, 15) is 5.11 Å². The minimum atomic E-state index is 0.275. The average Bonchev–Trinajstić information content (AvgIpc) is 2.46. The highest BCUT2D eigenvalue weighted by Crippen LogP contribution is 2.22. The van der Waals surface area contributed by atoms with Gasteiger partial charge in [-0.25, -0.2) is 0 Å². The fourth-order valence-corrected chi connectivity index (χ4v) is 2.39. The number of phenols is 1. The minimum absolute atomic E-state index is 0.275. The van der Waals surface area contributed by atoms with Crippen LogP contribution in [0.15, 0.2) is 48.5 Å². The van der Waals surface area contributed by atoms with Crippen LogP contribution in [0.2, 0.25) is 5.02 Å². The molecule has 2 rings (SSSR count). The van der Waals surface area contributed by atoms with Crippen LogP contribution < -0.4 is 5.32 Å². The van der Waals surface area contributed by atoms with Crippen LogP contribution >= 0.6 is 11.6 Å². The highest BCUT2D eigenvalue weighted by Gasteiger charge is 2.10. The molecule has 2 N–H and O–H groups in total. The molecule has 0 aliphatic carbocycles. The minimum Gasteiger partial charge on any atom is -0.508 e. The van der Waals surface area contributed by atoms with E-state index in [1.54, 1.807) is 6.07 Å². The lowest BCUT2D eigenvalue weighted by Gasteiger charge is -2.19.